The summed E-state index contributed by atoms with van der Waals surface area (Å²) in [6, 6.07) is 6.23. The van der Waals surface area contributed by atoms with Crippen molar-refractivity contribution in [1.29, 1.82) is 0 Å². The van der Waals surface area contributed by atoms with Crippen molar-refractivity contribution in [2.24, 2.45) is 0 Å². The fourth-order valence-corrected chi connectivity index (χ4v) is 3.74. The van der Waals surface area contributed by atoms with Crippen LogP contribution in [-0.2, 0) is 25.8 Å². The van der Waals surface area contributed by atoms with E-state index in [2.05, 4.69) is 15.5 Å². The van der Waals surface area contributed by atoms with Crippen molar-refractivity contribution in [3.63, 3.8) is 0 Å². The van der Waals surface area contributed by atoms with E-state index in [1.165, 1.54) is 26.2 Å². The van der Waals surface area contributed by atoms with E-state index in [-0.39, 0.29) is 10.7 Å². The standard InChI is InChI=1S/C11H15N5O4S2/c1-9-4-6-10(7-5-9)21(17,18)8-11-12-13-14-16(11)22(19,20)15(2)3/h4-7H,8H2,1-3H3. The van der Waals surface area contributed by atoms with Crippen LogP contribution in [0.4, 0.5) is 0 Å². The first kappa shape index (κ1) is 16.5. The molecule has 0 amide bonds. The van der Waals surface area contributed by atoms with Crippen molar-refractivity contribution in [2.75, 3.05) is 14.1 Å². The summed E-state index contributed by atoms with van der Waals surface area (Å²) in [7, 11) is -5.13. The van der Waals surface area contributed by atoms with Crippen LogP contribution in [0.5, 0.6) is 0 Å². The summed E-state index contributed by atoms with van der Waals surface area (Å²) in [6.45, 7) is 1.83. The smallest absolute Gasteiger partial charge is 0.223 e. The Kier molecular flexibility index (Phi) is 4.31. The maximum absolute atomic E-state index is 12.3. The monoisotopic (exact) mass is 345 g/mol. The third-order valence-corrected chi connectivity index (χ3v) is 6.15. The Morgan fingerprint density at radius 1 is 1.09 bits per heavy atom. The second-order valence-corrected chi connectivity index (χ2v) is 8.76. The lowest BCUT2D eigenvalue weighted by molar-refractivity contribution is 0.499. The molecule has 2 aromatic rings. The van der Waals surface area contributed by atoms with Gasteiger partial charge in [-0.15, -0.1) is 9.19 Å². The number of benzene rings is 1. The lowest BCUT2D eigenvalue weighted by atomic mass is 10.2. The fourth-order valence-electron chi connectivity index (χ4n) is 1.61. The average molecular weight is 345 g/mol. The first-order chi connectivity index (χ1) is 10.1. The van der Waals surface area contributed by atoms with Crippen LogP contribution < -0.4 is 0 Å². The molecule has 22 heavy (non-hydrogen) atoms. The van der Waals surface area contributed by atoms with Crippen molar-refractivity contribution < 1.29 is 16.8 Å². The first-order valence-corrected chi connectivity index (χ1v) is 9.19. The summed E-state index contributed by atoms with van der Waals surface area (Å²) in [5.41, 5.74) is 0.916. The molecule has 0 aliphatic carbocycles. The van der Waals surface area contributed by atoms with Gasteiger partial charge in [-0.1, -0.05) is 17.7 Å². The molecule has 120 valence electrons. The number of hydrogen-bond donors (Lipinski definition) is 0. The number of tetrazole rings is 1. The topological polar surface area (TPSA) is 115 Å². The van der Waals surface area contributed by atoms with Crippen LogP contribution in [0.25, 0.3) is 0 Å². The molecular formula is C11H15N5O4S2. The summed E-state index contributed by atoms with van der Waals surface area (Å²) < 4.78 is 50.2. The predicted molar refractivity (Wildman–Crippen MR) is 77.9 cm³/mol. The molecular weight excluding hydrogens is 330 g/mol. The van der Waals surface area contributed by atoms with Crippen LogP contribution in [0.2, 0.25) is 0 Å². The van der Waals surface area contributed by atoms with E-state index in [1.807, 2.05) is 6.92 Å². The molecule has 0 spiro atoms. The molecule has 0 radical (unpaired) electrons. The highest BCUT2D eigenvalue weighted by atomic mass is 32.2. The first-order valence-electron chi connectivity index (χ1n) is 6.14. The van der Waals surface area contributed by atoms with Gasteiger partial charge in [0.05, 0.1) is 4.90 Å². The maximum atomic E-state index is 12.3. The van der Waals surface area contributed by atoms with Gasteiger partial charge in [-0.2, -0.15) is 12.7 Å². The van der Waals surface area contributed by atoms with Gasteiger partial charge in [0.1, 0.15) is 5.75 Å². The van der Waals surface area contributed by atoms with Crippen LogP contribution in [0.3, 0.4) is 0 Å². The molecule has 1 heterocycles. The van der Waals surface area contributed by atoms with Crippen molar-refractivity contribution in [2.45, 2.75) is 17.6 Å². The largest absolute Gasteiger partial charge is 0.325 e. The van der Waals surface area contributed by atoms with E-state index >= 15 is 0 Å². The normalized spacial score (nSPS) is 12.7. The lowest BCUT2D eigenvalue weighted by Crippen LogP contribution is -2.31. The Labute approximate surface area is 128 Å². The SMILES string of the molecule is Cc1ccc(S(=O)(=O)Cc2nnnn2S(=O)(=O)N(C)C)cc1. The number of nitrogens with zero attached hydrogens (tertiary/aromatic N) is 5. The minimum atomic E-state index is -3.98. The van der Waals surface area contributed by atoms with Crippen molar-refractivity contribution in [1.82, 2.24) is 23.9 Å². The zero-order chi connectivity index (χ0) is 16.5. The number of hydrogen-bond acceptors (Lipinski definition) is 7. The third kappa shape index (κ3) is 3.15. The van der Waals surface area contributed by atoms with Gasteiger partial charge in [-0.25, -0.2) is 8.42 Å². The summed E-state index contributed by atoms with van der Waals surface area (Å²) in [6.07, 6.45) is 0. The van der Waals surface area contributed by atoms with Gasteiger partial charge >= 0.3 is 10.2 Å². The predicted octanol–water partition coefficient (Wildman–Crippen LogP) is -0.390. The zero-order valence-electron chi connectivity index (χ0n) is 12.2. The molecule has 0 atom stereocenters. The Balaban J connectivity index is 2.40. The van der Waals surface area contributed by atoms with Gasteiger partial charge < -0.3 is 0 Å². The molecule has 0 saturated heterocycles. The van der Waals surface area contributed by atoms with Crippen LogP contribution >= 0.6 is 0 Å². The van der Waals surface area contributed by atoms with E-state index in [1.54, 1.807) is 12.1 Å². The van der Waals surface area contributed by atoms with Crippen molar-refractivity contribution in [3.05, 3.63) is 35.7 Å². The highest BCUT2D eigenvalue weighted by molar-refractivity contribution is 7.90. The molecule has 2 rings (SSSR count). The molecule has 0 unspecified atom stereocenters. The number of aromatic nitrogens is 4. The zero-order valence-corrected chi connectivity index (χ0v) is 13.8. The molecule has 0 aliphatic rings. The van der Waals surface area contributed by atoms with Crippen LogP contribution in [0.15, 0.2) is 29.2 Å². The van der Waals surface area contributed by atoms with E-state index in [4.69, 9.17) is 0 Å². The van der Waals surface area contributed by atoms with E-state index in [0.29, 0.717) is 4.09 Å². The van der Waals surface area contributed by atoms with Gasteiger partial charge in [-0.05, 0) is 29.5 Å². The molecule has 1 aromatic carbocycles. The summed E-state index contributed by atoms with van der Waals surface area (Å²) in [5.74, 6) is -0.884. The maximum Gasteiger partial charge on any atom is 0.325 e. The molecule has 11 heteroatoms. The van der Waals surface area contributed by atoms with E-state index < -0.39 is 25.8 Å². The quantitative estimate of drug-likeness (QED) is 0.724. The summed E-state index contributed by atoms with van der Waals surface area (Å²) in [4.78, 5) is 0.0786. The fraction of sp³-hybridized carbons (Fsp3) is 0.364. The molecule has 9 nitrogen and oxygen atoms in total. The van der Waals surface area contributed by atoms with Crippen LogP contribution in [0, 0.1) is 6.92 Å². The minimum Gasteiger partial charge on any atom is -0.223 e. The summed E-state index contributed by atoms with van der Waals surface area (Å²) in [5, 5.41) is 10.1. The van der Waals surface area contributed by atoms with Gasteiger partial charge in [0.2, 0.25) is 0 Å². The third-order valence-electron chi connectivity index (χ3n) is 2.88. The Bertz CT molecular complexity index is 869. The molecule has 0 aliphatic heterocycles. The molecule has 0 N–H and O–H groups in total. The van der Waals surface area contributed by atoms with Gasteiger partial charge in [0.15, 0.2) is 15.7 Å². The average Bonchev–Trinajstić information content (AvgIpc) is 2.87. The van der Waals surface area contributed by atoms with Gasteiger partial charge in [0.25, 0.3) is 0 Å². The second kappa shape index (κ2) is 5.74. The highest BCUT2D eigenvalue weighted by Gasteiger charge is 2.27. The van der Waals surface area contributed by atoms with Crippen LogP contribution in [-0.4, -0.2) is 54.8 Å². The molecule has 1 aromatic heterocycles. The van der Waals surface area contributed by atoms with Crippen molar-refractivity contribution in [3.8, 4) is 0 Å². The Hall–Kier alpha value is -1.85. The minimum absolute atomic E-state index is 0.0786. The van der Waals surface area contributed by atoms with Gasteiger partial charge in [-0.3, -0.25) is 0 Å². The number of rotatable bonds is 5. The Morgan fingerprint density at radius 2 is 1.68 bits per heavy atom. The van der Waals surface area contributed by atoms with Crippen LogP contribution in [0.1, 0.15) is 11.4 Å². The summed E-state index contributed by atoms with van der Waals surface area (Å²) >= 11 is 0. The molecule has 0 fully saturated rings. The number of sulfone groups is 1. The molecule has 0 bridgehead atoms. The van der Waals surface area contributed by atoms with Crippen molar-refractivity contribution >= 4 is 20.0 Å². The second-order valence-electron chi connectivity index (χ2n) is 4.80. The highest BCUT2D eigenvalue weighted by Crippen LogP contribution is 2.16. The number of aryl methyl sites for hydroxylation is 1. The van der Waals surface area contributed by atoms with E-state index in [9.17, 15) is 16.8 Å². The van der Waals surface area contributed by atoms with E-state index in [0.717, 1.165) is 9.87 Å². The van der Waals surface area contributed by atoms with Gasteiger partial charge in [0, 0.05) is 14.1 Å². The Morgan fingerprint density at radius 3 is 2.23 bits per heavy atom. The molecule has 0 saturated carbocycles. The lowest BCUT2D eigenvalue weighted by Gasteiger charge is -2.11.